The Morgan fingerprint density at radius 3 is 1.19 bits per heavy atom. The molecule has 2 heteroatoms. The highest BCUT2D eigenvalue weighted by Gasteiger charge is 2.32. The quantitative estimate of drug-likeness (QED) is 0.257. The van der Waals surface area contributed by atoms with Gasteiger partial charge in [0.25, 0.3) is 0 Å². The van der Waals surface area contributed by atoms with Crippen LogP contribution in [0.15, 0.2) is 130 Å². The summed E-state index contributed by atoms with van der Waals surface area (Å²) in [5.74, 6) is 0. The van der Waals surface area contributed by atoms with Gasteiger partial charge in [0, 0.05) is 0 Å². The van der Waals surface area contributed by atoms with Crippen molar-refractivity contribution in [2.75, 3.05) is 0 Å². The topological polar surface area (TPSA) is 40.5 Å². The third-order valence-corrected chi connectivity index (χ3v) is 8.24. The second-order valence-electron chi connectivity index (χ2n) is 13.7. The monoisotopic (exact) mass is 568 g/mol. The summed E-state index contributed by atoms with van der Waals surface area (Å²) in [5, 5.41) is 20.2. The van der Waals surface area contributed by atoms with Gasteiger partial charge in [-0.15, -0.1) is 0 Å². The van der Waals surface area contributed by atoms with Crippen LogP contribution in [-0.4, -0.2) is 22.4 Å². The van der Waals surface area contributed by atoms with Gasteiger partial charge in [-0.1, -0.05) is 146 Å². The molecule has 0 radical (unpaired) electrons. The summed E-state index contributed by atoms with van der Waals surface area (Å²) in [6.45, 7) is 21.6. The van der Waals surface area contributed by atoms with E-state index in [1.807, 2.05) is 0 Å². The Labute approximate surface area is 257 Å². The van der Waals surface area contributed by atoms with Crippen molar-refractivity contribution in [2.24, 2.45) is 10.8 Å². The lowest BCUT2D eigenvalue weighted by Crippen LogP contribution is -2.28. The van der Waals surface area contributed by atoms with E-state index in [4.69, 9.17) is 0 Å². The van der Waals surface area contributed by atoms with E-state index in [2.05, 4.69) is 154 Å². The van der Waals surface area contributed by atoms with Crippen molar-refractivity contribution in [2.45, 2.75) is 107 Å². The van der Waals surface area contributed by atoms with Gasteiger partial charge in [-0.25, -0.2) is 0 Å². The SMILES string of the molecule is CC(C=CC=C(C)C=CC1=C(C)C[C@@H](O)CC1(C)C)=CC=C/C=C(C)/C=C/C=C(C)/C=C/C1=C(C)C[C@H](O)CC1(C)C. The van der Waals surface area contributed by atoms with Gasteiger partial charge in [-0.05, 0) is 89.2 Å². The van der Waals surface area contributed by atoms with E-state index in [9.17, 15) is 10.2 Å². The molecule has 42 heavy (non-hydrogen) atoms. The average Bonchev–Trinajstić information content (AvgIpc) is 2.84. The highest BCUT2D eigenvalue weighted by atomic mass is 16.3. The fraction of sp³-hybridized carbons (Fsp3) is 0.450. The van der Waals surface area contributed by atoms with Crippen LogP contribution in [-0.2, 0) is 0 Å². The Kier molecular flexibility index (Phi) is 13.5. The summed E-state index contributed by atoms with van der Waals surface area (Å²) in [4.78, 5) is 0. The molecule has 0 amide bonds. The molecular formula is C40H56O2. The van der Waals surface area contributed by atoms with Crippen LogP contribution in [0.3, 0.4) is 0 Å². The highest BCUT2D eigenvalue weighted by Crippen LogP contribution is 2.42. The van der Waals surface area contributed by atoms with Crippen LogP contribution in [0.5, 0.6) is 0 Å². The van der Waals surface area contributed by atoms with Crippen molar-refractivity contribution in [1.82, 2.24) is 0 Å². The summed E-state index contributed by atoms with van der Waals surface area (Å²) in [5.41, 5.74) is 10.1. The van der Waals surface area contributed by atoms with Crippen molar-refractivity contribution in [3.8, 4) is 0 Å². The van der Waals surface area contributed by atoms with Gasteiger partial charge < -0.3 is 10.2 Å². The van der Waals surface area contributed by atoms with Crippen molar-refractivity contribution in [3.63, 3.8) is 0 Å². The Balaban J connectivity index is 1.90. The lowest BCUT2D eigenvalue weighted by molar-refractivity contribution is 0.116. The molecule has 2 atom stereocenters. The van der Waals surface area contributed by atoms with Crippen molar-refractivity contribution in [3.05, 3.63) is 130 Å². The first-order valence-electron chi connectivity index (χ1n) is 15.5. The normalized spacial score (nSPS) is 25.0. The summed E-state index contributed by atoms with van der Waals surface area (Å²) < 4.78 is 0. The molecule has 0 unspecified atom stereocenters. The fourth-order valence-corrected chi connectivity index (χ4v) is 6.13. The Bertz CT molecular complexity index is 1190. The molecule has 228 valence electrons. The number of rotatable bonds is 10. The molecule has 0 aromatic heterocycles. The van der Waals surface area contributed by atoms with E-state index in [1.165, 1.54) is 44.6 Å². The Morgan fingerprint density at radius 2 is 0.857 bits per heavy atom. The molecule has 2 nitrogen and oxygen atoms in total. The minimum Gasteiger partial charge on any atom is -0.393 e. The number of allylic oxidation sites excluding steroid dienone is 20. The number of hydrogen-bond donors (Lipinski definition) is 2. The zero-order chi connectivity index (χ0) is 31.5. The van der Waals surface area contributed by atoms with Crippen LogP contribution in [0, 0.1) is 10.8 Å². The van der Waals surface area contributed by atoms with Gasteiger partial charge in [-0.2, -0.15) is 0 Å². The first-order valence-corrected chi connectivity index (χ1v) is 15.5. The molecule has 0 aliphatic heterocycles. The molecule has 2 N–H and O–H groups in total. The van der Waals surface area contributed by atoms with E-state index >= 15 is 0 Å². The summed E-state index contributed by atoms with van der Waals surface area (Å²) in [6.07, 6.45) is 32.6. The molecule has 0 bridgehead atoms. The van der Waals surface area contributed by atoms with Crippen molar-refractivity contribution >= 4 is 0 Å². The first-order chi connectivity index (χ1) is 19.6. The maximum Gasteiger partial charge on any atom is 0.0585 e. The third kappa shape index (κ3) is 11.7. The van der Waals surface area contributed by atoms with Crippen molar-refractivity contribution < 1.29 is 10.2 Å². The second kappa shape index (κ2) is 16.1. The average molecular weight is 569 g/mol. The molecule has 2 aliphatic rings. The molecule has 0 aromatic carbocycles. The predicted molar refractivity (Wildman–Crippen MR) is 184 cm³/mol. The number of aliphatic hydroxyl groups excluding tert-OH is 2. The molecule has 0 saturated heterocycles. The highest BCUT2D eigenvalue weighted by molar-refractivity contribution is 5.39. The maximum atomic E-state index is 10.1. The maximum absolute atomic E-state index is 10.1. The fourth-order valence-electron chi connectivity index (χ4n) is 6.13. The largest absolute Gasteiger partial charge is 0.393 e. The zero-order valence-electron chi connectivity index (χ0n) is 28.0. The molecule has 2 rings (SSSR count). The summed E-state index contributed by atoms with van der Waals surface area (Å²) in [6, 6.07) is 0. The van der Waals surface area contributed by atoms with E-state index in [0.29, 0.717) is 0 Å². The standard InChI is InChI=1S/C40H56O2/c1-29(17-13-19-31(3)21-23-37-33(5)25-35(41)27-39(37,7)8)15-11-12-16-30(2)18-14-20-32(4)22-24-38-34(6)26-36(42)28-40(38,9)10/h11-24,35-36,41-42H,25-28H2,1-10H3/b12-11?,17-13+,18-14?,23-21+,24-22?,29-15+,30-16?,31-19+,32-20?/t35-,36+/m0/s1. The van der Waals surface area contributed by atoms with E-state index < -0.39 is 0 Å². The van der Waals surface area contributed by atoms with Gasteiger partial charge in [0.2, 0.25) is 0 Å². The Morgan fingerprint density at radius 1 is 0.548 bits per heavy atom. The lowest BCUT2D eigenvalue weighted by Gasteiger charge is -2.35. The van der Waals surface area contributed by atoms with Crippen molar-refractivity contribution in [1.29, 1.82) is 0 Å². The van der Waals surface area contributed by atoms with Crippen LogP contribution >= 0.6 is 0 Å². The molecule has 0 spiro atoms. The Hall–Kier alpha value is -2.94. The summed E-state index contributed by atoms with van der Waals surface area (Å²) in [7, 11) is 0. The zero-order valence-corrected chi connectivity index (χ0v) is 28.0. The van der Waals surface area contributed by atoms with Gasteiger partial charge in [0.15, 0.2) is 0 Å². The minimum atomic E-state index is -0.227. The van der Waals surface area contributed by atoms with Gasteiger partial charge in [0.05, 0.1) is 12.2 Å². The second-order valence-corrected chi connectivity index (χ2v) is 13.7. The third-order valence-electron chi connectivity index (χ3n) is 8.24. The van der Waals surface area contributed by atoms with Crippen LogP contribution in [0.4, 0.5) is 0 Å². The molecule has 0 fully saturated rings. The van der Waals surface area contributed by atoms with Crippen LogP contribution in [0.1, 0.15) is 94.9 Å². The lowest BCUT2D eigenvalue weighted by atomic mass is 9.71. The van der Waals surface area contributed by atoms with Gasteiger partial charge >= 0.3 is 0 Å². The molecule has 0 aromatic rings. The van der Waals surface area contributed by atoms with Crippen LogP contribution in [0.2, 0.25) is 0 Å². The minimum absolute atomic E-state index is 0.00547. The first kappa shape index (κ1) is 35.3. The van der Waals surface area contributed by atoms with E-state index in [-0.39, 0.29) is 23.0 Å². The summed E-state index contributed by atoms with van der Waals surface area (Å²) >= 11 is 0. The number of hydrogen-bond acceptors (Lipinski definition) is 2. The molecular weight excluding hydrogens is 512 g/mol. The molecule has 0 saturated carbocycles. The number of aliphatic hydroxyl groups is 2. The van der Waals surface area contributed by atoms with Crippen LogP contribution < -0.4 is 0 Å². The molecule has 2 aliphatic carbocycles. The smallest absolute Gasteiger partial charge is 0.0585 e. The van der Waals surface area contributed by atoms with E-state index in [0.717, 1.165) is 25.7 Å². The van der Waals surface area contributed by atoms with Crippen LogP contribution in [0.25, 0.3) is 0 Å². The van der Waals surface area contributed by atoms with Gasteiger partial charge in [-0.3, -0.25) is 0 Å². The predicted octanol–water partition coefficient (Wildman–Crippen LogP) is 10.5. The molecule has 0 heterocycles. The van der Waals surface area contributed by atoms with Gasteiger partial charge in [0.1, 0.15) is 0 Å². The van der Waals surface area contributed by atoms with E-state index in [1.54, 1.807) is 0 Å².